The van der Waals surface area contributed by atoms with E-state index in [2.05, 4.69) is 20.4 Å². The first-order valence-electron chi connectivity index (χ1n) is 10.1. The summed E-state index contributed by atoms with van der Waals surface area (Å²) < 4.78 is 18.7. The molecule has 8 heteroatoms. The Hall–Kier alpha value is -3.13. The van der Waals surface area contributed by atoms with Crippen molar-refractivity contribution < 1.29 is 18.7 Å². The zero-order valence-electron chi connectivity index (χ0n) is 16.9. The Bertz CT molecular complexity index is 926. The van der Waals surface area contributed by atoms with Crippen molar-refractivity contribution in [1.29, 1.82) is 0 Å². The summed E-state index contributed by atoms with van der Waals surface area (Å²) in [4.78, 5) is 28.4. The van der Waals surface area contributed by atoms with Crippen LogP contribution in [0.5, 0.6) is 5.75 Å². The largest absolute Gasteiger partial charge is 0.479 e. The molecule has 0 unspecified atom stereocenters. The first-order valence-corrected chi connectivity index (χ1v) is 10.1. The second-order valence-electron chi connectivity index (χ2n) is 7.66. The van der Waals surface area contributed by atoms with Gasteiger partial charge in [-0.1, -0.05) is 6.07 Å². The molecule has 7 nitrogen and oxygen atoms in total. The molecule has 2 aliphatic heterocycles. The monoisotopic (exact) mass is 412 g/mol. The van der Waals surface area contributed by atoms with Crippen LogP contribution in [-0.2, 0) is 4.79 Å². The number of carbonyl (C=O) groups is 2. The minimum absolute atomic E-state index is 0.0304. The van der Waals surface area contributed by atoms with Crippen LogP contribution in [0.15, 0.2) is 42.5 Å². The molecule has 0 bridgehead atoms. The van der Waals surface area contributed by atoms with E-state index in [-0.39, 0.29) is 30.3 Å². The van der Waals surface area contributed by atoms with Crippen molar-refractivity contribution in [3.63, 3.8) is 0 Å². The van der Waals surface area contributed by atoms with Crippen LogP contribution in [0.25, 0.3) is 0 Å². The number of amides is 2. The molecule has 2 aliphatic rings. The van der Waals surface area contributed by atoms with Gasteiger partial charge in [0.2, 0.25) is 0 Å². The summed E-state index contributed by atoms with van der Waals surface area (Å²) in [7, 11) is 0. The zero-order chi connectivity index (χ0) is 21.1. The lowest BCUT2D eigenvalue weighted by molar-refractivity contribution is -0.118. The molecule has 30 heavy (non-hydrogen) atoms. The van der Waals surface area contributed by atoms with Gasteiger partial charge in [0.05, 0.1) is 11.4 Å². The third-order valence-corrected chi connectivity index (χ3v) is 5.34. The van der Waals surface area contributed by atoms with Gasteiger partial charge >= 0.3 is 0 Å². The maximum absolute atomic E-state index is 13.0. The number of para-hydroxylation sites is 1. The predicted molar refractivity (Wildman–Crippen MR) is 113 cm³/mol. The molecular weight excluding hydrogens is 387 g/mol. The summed E-state index contributed by atoms with van der Waals surface area (Å²) in [6.45, 7) is 6.10. The van der Waals surface area contributed by atoms with Crippen LogP contribution in [0.2, 0.25) is 0 Å². The van der Waals surface area contributed by atoms with Crippen LogP contribution in [0.4, 0.5) is 15.8 Å². The number of fused-ring (bicyclic) bond motifs is 1. The number of anilines is 2. The van der Waals surface area contributed by atoms with Crippen molar-refractivity contribution in [3.05, 3.63) is 53.8 Å². The number of rotatable bonds is 5. The topological polar surface area (TPSA) is 73.9 Å². The maximum atomic E-state index is 13.0. The molecule has 1 fully saturated rings. The zero-order valence-corrected chi connectivity index (χ0v) is 16.9. The number of carbonyl (C=O) groups excluding carboxylic acids is 2. The molecule has 4 rings (SSSR count). The molecule has 2 aromatic rings. The molecule has 1 atom stereocenters. The highest BCUT2D eigenvalue weighted by Gasteiger charge is 2.25. The number of piperazine rings is 1. The van der Waals surface area contributed by atoms with Gasteiger partial charge in [-0.2, -0.15) is 0 Å². The number of nitrogens with zero attached hydrogens (tertiary/aromatic N) is 2. The average Bonchev–Trinajstić information content (AvgIpc) is 2.74. The van der Waals surface area contributed by atoms with E-state index in [0.717, 1.165) is 44.2 Å². The van der Waals surface area contributed by atoms with Crippen molar-refractivity contribution in [3.8, 4) is 5.75 Å². The van der Waals surface area contributed by atoms with Gasteiger partial charge in [-0.15, -0.1) is 0 Å². The lowest BCUT2D eigenvalue weighted by Gasteiger charge is -2.38. The Morgan fingerprint density at radius 1 is 1.17 bits per heavy atom. The Labute approximate surface area is 174 Å². The Kier molecular flexibility index (Phi) is 5.85. The summed E-state index contributed by atoms with van der Waals surface area (Å²) in [5.41, 5.74) is 2.15. The Morgan fingerprint density at radius 3 is 2.63 bits per heavy atom. The van der Waals surface area contributed by atoms with E-state index in [9.17, 15) is 14.0 Å². The molecular formula is C22H25FN4O3. The summed E-state index contributed by atoms with van der Waals surface area (Å²) in [6.07, 6.45) is 0. The summed E-state index contributed by atoms with van der Waals surface area (Å²) >= 11 is 0. The summed E-state index contributed by atoms with van der Waals surface area (Å²) in [5.74, 6) is 0.0350. The van der Waals surface area contributed by atoms with E-state index in [0.29, 0.717) is 11.3 Å². The number of benzene rings is 2. The van der Waals surface area contributed by atoms with Crippen molar-refractivity contribution in [2.75, 3.05) is 49.5 Å². The molecule has 0 spiro atoms. The van der Waals surface area contributed by atoms with E-state index < -0.39 is 0 Å². The molecule has 2 aromatic carbocycles. The molecule has 0 saturated carbocycles. The van der Waals surface area contributed by atoms with E-state index in [1.807, 2.05) is 25.1 Å². The van der Waals surface area contributed by atoms with Crippen LogP contribution in [0.3, 0.4) is 0 Å². The number of halogens is 1. The van der Waals surface area contributed by atoms with Gasteiger partial charge in [0, 0.05) is 44.3 Å². The minimum atomic E-state index is -0.357. The number of ether oxygens (including phenoxy) is 1. The number of hydrogen-bond donors (Lipinski definition) is 2. The van der Waals surface area contributed by atoms with Crippen LogP contribution in [-0.4, -0.2) is 62.1 Å². The third-order valence-electron chi connectivity index (χ3n) is 5.34. The normalized spacial score (nSPS) is 17.5. The molecule has 2 amide bonds. The molecule has 2 heterocycles. The Balaban J connectivity index is 1.30. The second-order valence-corrected chi connectivity index (χ2v) is 7.66. The lowest BCUT2D eigenvalue weighted by atomic mass is 10.1. The quantitative estimate of drug-likeness (QED) is 0.787. The minimum Gasteiger partial charge on any atom is -0.479 e. The second kappa shape index (κ2) is 8.71. The van der Waals surface area contributed by atoms with Gasteiger partial charge in [-0.25, -0.2) is 4.39 Å². The fraction of sp³-hybridized carbons (Fsp3) is 0.364. The average molecular weight is 412 g/mol. The molecule has 0 aliphatic carbocycles. The fourth-order valence-electron chi connectivity index (χ4n) is 3.86. The van der Waals surface area contributed by atoms with Crippen molar-refractivity contribution in [1.82, 2.24) is 10.2 Å². The van der Waals surface area contributed by atoms with E-state index in [4.69, 9.17) is 4.74 Å². The van der Waals surface area contributed by atoms with E-state index in [1.165, 1.54) is 24.3 Å². The van der Waals surface area contributed by atoms with Crippen molar-refractivity contribution in [2.24, 2.45) is 0 Å². The number of nitrogens with one attached hydrogen (secondary N) is 2. The fourth-order valence-corrected chi connectivity index (χ4v) is 3.86. The summed E-state index contributed by atoms with van der Waals surface area (Å²) in [6, 6.07) is 11.3. The SMILES string of the molecule is C[C@H](CN1CCN(c2cccc3c2OCC(=O)N3)CC1)NC(=O)c1ccc(F)cc1. The highest BCUT2D eigenvalue weighted by Crippen LogP contribution is 2.38. The third kappa shape index (κ3) is 4.54. The molecule has 0 aromatic heterocycles. The number of hydrogen-bond acceptors (Lipinski definition) is 5. The Morgan fingerprint density at radius 2 is 1.90 bits per heavy atom. The van der Waals surface area contributed by atoms with Gasteiger partial charge in [0.15, 0.2) is 12.4 Å². The van der Waals surface area contributed by atoms with Crippen LogP contribution in [0.1, 0.15) is 17.3 Å². The molecule has 1 saturated heterocycles. The first kappa shape index (κ1) is 20.2. The molecule has 0 radical (unpaired) electrons. The van der Waals surface area contributed by atoms with E-state index in [1.54, 1.807) is 0 Å². The molecule has 158 valence electrons. The van der Waals surface area contributed by atoms with Crippen LogP contribution < -0.4 is 20.3 Å². The highest BCUT2D eigenvalue weighted by atomic mass is 19.1. The smallest absolute Gasteiger partial charge is 0.262 e. The van der Waals surface area contributed by atoms with E-state index >= 15 is 0 Å². The molecule has 2 N–H and O–H groups in total. The van der Waals surface area contributed by atoms with Crippen molar-refractivity contribution >= 4 is 23.2 Å². The standard InChI is InChI=1S/C22H25FN4O3/c1-15(24-22(29)16-5-7-17(23)8-6-16)13-26-9-11-27(12-10-26)19-4-2-3-18-21(19)30-14-20(28)25-18/h2-8,15H,9-14H2,1H3,(H,24,29)(H,25,28)/t15-/m1/s1. The van der Waals surface area contributed by atoms with Gasteiger partial charge in [0.1, 0.15) is 5.82 Å². The summed E-state index contributed by atoms with van der Waals surface area (Å²) in [5, 5.41) is 5.82. The lowest BCUT2D eigenvalue weighted by Crippen LogP contribution is -2.51. The maximum Gasteiger partial charge on any atom is 0.262 e. The van der Waals surface area contributed by atoms with Crippen LogP contribution in [0, 0.1) is 5.82 Å². The van der Waals surface area contributed by atoms with Crippen molar-refractivity contribution in [2.45, 2.75) is 13.0 Å². The van der Waals surface area contributed by atoms with Gasteiger partial charge in [0.25, 0.3) is 11.8 Å². The van der Waals surface area contributed by atoms with Crippen LogP contribution >= 0.6 is 0 Å². The highest BCUT2D eigenvalue weighted by molar-refractivity contribution is 5.97. The first-order chi connectivity index (χ1) is 14.5. The van der Waals surface area contributed by atoms with Gasteiger partial charge < -0.3 is 20.3 Å². The van der Waals surface area contributed by atoms with Gasteiger partial charge in [-0.05, 0) is 43.3 Å². The predicted octanol–water partition coefficient (Wildman–Crippen LogP) is 2.10. The van der Waals surface area contributed by atoms with Gasteiger partial charge in [-0.3, -0.25) is 14.5 Å².